The van der Waals surface area contributed by atoms with Gasteiger partial charge in [-0.25, -0.2) is 4.98 Å². The van der Waals surface area contributed by atoms with Crippen molar-refractivity contribution in [3.63, 3.8) is 0 Å². The van der Waals surface area contributed by atoms with Crippen LogP contribution in [0.3, 0.4) is 0 Å². The summed E-state index contributed by atoms with van der Waals surface area (Å²) in [4.78, 5) is 15.7. The Morgan fingerprint density at radius 1 is 1.30 bits per heavy atom. The number of benzene rings is 1. The van der Waals surface area contributed by atoms with Crippen LogP contribution in [0.2, 0.25) is 0 Å². The number of fused-ring (bicyclic) bond motifs is 3. The minimum absolute atomic E-state index is 0. The number of carbonyl (C=O) groups excluding carboxylic acids is 1. The summed E-state index contributed by atoms with van der Waals surface area (Å²) in [7, 11) is 0. The first-order valence-corrected chi connectivity index (χ1v) is 7.84. The van der Waals surface area contributed by atoms with Crippen LogP contribution < -0.4 is 58.2 Å². The topological polar surface area (TPSA) is 64.9 Å². The molecule has 1 aliphatic heterocycles. The quantitative estimate of drug-likeness (QED) is 0.672. The number of hydrogen-bond donors (Lipinski definition) is 0. The van der Waals surface area contributed by atoms with E-state index in [0.717, 1.165) is 44.2 Å². The number of aryl methyl sites for hydroxylation is 1. The van der Waals surface area contributed by atoms with Gasteiger partial charge in [0, 0.05) is 11.4 Å². The third-order valence-electron chi connectivity index (χ3n) is 4.35. The predicted molar refractivity (Wildman–Crippen MR) is 85.3 cm³/mol. The van der Waals surface area contributed by atoms with Gasteiger partial charge in [-0.1, -0.05) is 44.4 Å². The molecule has 1 atom stereocenters. The first-order valence-electron chi connectivity index (χ1n) is 7.84. The van der Waals surface area contributed by atoms with E-state index in [1.54, 1.807) is 0 Å². The van der Waals surface area contributed by atoms with Gasteiger partial charge >= 0.3 is 58.2 Å². The molecule has 0 bridgehead atoms. The van der Waals surface area contributed by atoms with E-state index < -0.39 is 0 Å². The second-order valence-electron chi connectivity index (χ2n) is 5.80. The molecule has 3 rings (SSSR count). The summed E-state index contributed by atoms with van der Waals surface area (Å²) in [6.45, 7) is 2.15. The van der Waals surface area contributed by atoms with Crippen LogP contribution in [0.1, 0.15) is 43.1 Å². The van der Waals surface area contributed by atoms with Crippen molar-refractivity contribution >= 4 is 6.29 Å². The van der Waals surface area contributed by atoms with Gasteiger partial charge in [0.15, 0.2) is 0 Å². The van der Waals surface area contributed by atoms with Crippen LogP contribution in [0, 0.1) is 5.92 Å². The van der Waals surface area contributed by atoms with Gasteiger partial charge < -0.3 is 14.8 Å². The Morgan fingerprint density at radius 2 is 2.09 bits per heavy atom. The Balaban J connectivity index is 0.00000132. The smallest absolute Gasteiger partial charge is 0.870 e. The molecule has 2 aromatic rings. The van der Waals surface area contributed by atoms with Crippen LogP contribution in [0.15, 0.2) is 30.6 Å². The molecular weight excluding hydrogens is 362 g/mol. The number of aromatic nitrogens is 2. The summed E-state index contributed by atoms with van der Waals surface area (Å²) in [5, 5.41) is 0. The number of unbranched alkanes of at least 4 members (excludes halogenated alkanes) is 1. The van der Waals surface area contributed by atoms with Crippen molar-refractivity contribution in [2.75, 3.05) is 0 Å². The van der Waals surface area contributed by atoms with Gasteiger partial charge in [0.25, 0.3) is 0 Å². The number of imidazole rings is 1. The zero-order chi connectivity index (χ0) is 14.7. The van der Waals surface area contributed by atoms with Crippen molar-refractivity contribution in [1.82, 2.24) is 9.55 Å². The molecule has 118 valence electrons. The Bertz CT molecular complexity index is 640. The molecule has 0 fully saturated rings. The molecule has 2 heterocycles. The van der Waals surface area contributed by atoms with Gasteiger partial charge in [-0.3, -0.25) is 6.29 Å². The van der Waals surface area contributed by atoms with E-state index in [2.05, 4.69) is 47.0 Å². The molecule has 1 aliphatic rings. The van der Waals surface area contributed by atoms with Crippen molar-refractivity contribution in [2.24, 2.45) is 5.92 Å². The summed E-state index contributed by atoms with van der Waals surface area (Å²) in [6, 6.07) is 8.48. The SMILES string of the molecule is CCCC[C@H]([C-]=O)Cc1ncn2c1CCc1ccccc1-2.[OH-].[Rb+]. The zero-order valence-electron chi connectivity index (χ0n) is 14.0. The van der Waals surface area contributed by atoms with E-state index in [-0.39, 0.29) is 69.6 Å². The summed E-state index contributed by atoms with van der Waals surface area (Å²) < 4.78 is 2.19. The maximum absolute atomic E-state index is 11.1. The van der Waals surface area contributed by atoms with E-state index in [1.165, 1.54) is 16.9 Å². The largest absolute Gasteiger partial charge is 1.00 e. The second kappa shape index (κ2) is 9.99. The summed E-state index contributed by atoms with van der Waals surface area (Å²) in [5.74, 6) is -0.0123. The fraction of sp³-hybridized carbons (Fsp3) is 0.444. The van der Waals surface area contributed by atoms with Gasteiger partial charge in [0.1, 0.15) is 0 Å². The maximum atomic E-state index is 11.1. The minimum Gasteiger partial charge on any atom is -0.870 e. The fourth-order valence-electron chi connectivity index (χ4n) is 3.15. The number of nitrogens with zero attached hydrogens (tertiary/aromatic N) is 2. The Labute approximate surface area is 186 Å². The third kappa shape index (κ3) is 4.70. The van der Waals surface area contributed by atoms with Gasteiger partial charge in [0.05, 0.1) is 12.0 Å². The van der Waals surface area contributed by atoms with Crippen LogP contribution in [0.5, 0.6) is 0 Å². The molecule has 0 unspecified atom stereocenters. The van der Waals surface area contributed by atoms with Gasteiger partial charge in [-0.2, -0.15) is 0 Å². The average molecular weight is 384 g/mol. The second-order valence-corrected chi connectivity index (χ2v) is 5.80. The van der Waals surface area contributed by atoms with Crippen molar-refractivity contribution in [2.45, 2.75) is 45.4 Å². The van der Waals surface area contributed by atoms with Gasteiger partial charge in [-0.05, 0) is 30.9 Å². The molecule has 0 spiro atoms. The minimum atomic E-state index is -0.0123. The van der Waals surface area contributed by atoms with Crippen LogP contribution >= 0.6 is 0 Å². The zero-order valence-corrected chi connectivity index (χ0v) is 18.9. The summed E-state index contributed by atoms with van der Waals surface area (Å²) >= 11 is 0. The van der Waals surface area contributed by atoms with E-state index in [4.69, 9.17) is 0 Å². The van der Waals surface area contributed by atoms with E-state index >= 15 is 0 Å². The van der Waals surface area contributed by atoms with Crippen LogP contribution in [-0.4, -0.2) is 21.3 Å². The van der Waals surface area contributed by atoms with Crippen molar-refractivity contribution in [3.8, 4) is 5.69 Å². The van der Waals surface area contributed by atoms with Crippen LogP contribution in [0.25, 0.3) is 5.69 Å². The molecule has 1 aromatic carbocycles. The summed E-state index contributed by atoms with van der Waals surface area (Å²) in [6.07, 6.45) is 10.0. The van der Waals surface area contributed by atoms with Crippen LogP contribution in [-0.2, 0) is 24.1 Å². The van der Waals surface area contributed by atoms with E-state index in [9.17, 15) is 4.79 Å². The van der Waals surface area contributed by atoms with E-state index in [1.807, 2.05) is 6.33 Å². The first kappa shape index (κ1) is 20.9. The Hall–Kier alpha value is -0.135. The van der Waals surface area contributed by atoms with Crippen molar-refractivity contribution in [3.05, 3.63) is 47.5 Å². The molecule has 0 saturated heterocycles. The normalized spacial score (nSPS) is 13.1. The first-order chi connectivity index (χ1) is 10.3. The Morgan fingerprint density at radius 3 is 2.83 bits per heavy atom. The number of hydrogen-bond acceptors (Lipinski definition) is 3. The van der Waals surface area contributed by atoms with Gasteiger partial charge in [0.2, 0.25) is 0 Å². The predicted octanol–water partition coefficient (Wildman–Crippen LogP) is 0.257. The molecular formula is C18H22N2O2Rb-. The van der Waals surface area contributed by atoms with Gasteiger partial charge in [-0.15, -0.1) is 5.92 Å². The molecule has 1 N–H and O–H groups in total. The monoisotopic (exact) mass is 383 g/mol. The standard InChI is InChI=1S/C18H21N2O.H2O.Rb/c1-2-3-6-14(12-21)11-16-18-10-9-15-7-4-5-8-17(15)20(18)13-19-16;;/h4-5,7-8,13-14H,2-3,6,9-11H2,1H3;1H2;/q-1;;+1/p-1/t14-;;/m0../s1. The molecule has 4 nitrogen and oxygen atoms in total. The van der Waals surface area contributed by atoms with Crippen molar-refractivity contribution < 1.29 is 68.5 Å². The average Bonchev–Trinajstić information content (AvgIpc) is 2.94. The molecule has 0 saturated carbocycles. The maximum Gasteiger partial charge on any atom is 1.00 e. The molecule has 1 aromatic heterocycles. The number of para-hydroxylation sites is 1. The third-order valence-corrected chi connectivity index (χ3v) is 4.35. The summed E-state index contributed by atoms with van der Waals surface area (Å²) in [5.41, 5.74) is 4.95. The molecule has 0 aliphatic carbocycles. The van der Waals surface area contributed by atoms with E-state index in [0.29, 0.717) is 0 Å². The molecule has 5 heteroatoms. The van der Waals surface area contributed by atoms with Crippen molar-refractivity contribution in [1.29, 1.82) is 0 Å². The molecule has 0 radical (unpaired) electrons. The number of rotatable bonds is 6. The Kier molecular flexibility index (Phi) is 9.08. The fourth-order valence-corrected chi connectivity index (χ4v) is 3.15. The molecule has 0 amide bonds. The molecule has 23 heavy (non-hydrogen) atoms. The van der Waals surface area contributed by atoms with Crippen LogP contribution in [0.4, 0.5) is 0 Å².